The molecule has 0 amide bonds. The molecule has 1 aromatic rings. The van der Waals surface area contributed by atoms with Crippen LogP contribution in [0.3, 0.4) is 0 Å². The molecule has 0 unspecified atom stereocenters. The summed E-state index contributed by atoms with van der Waals surface area (Å²) in [6.45, 7) is 0.808. The minimum Gasteiger partial charge on any atom is -0.478 e. The molecule has 1 aliphatic carbocycles. The van der Waals surface area contributed by atoms with Crippen LogP contribution in [0.4, 0.5) is 0 Å². The fraction of sp³-hybridized carbons (Fsp3) is 0.583. The first-order valence-electron chi connectivity index (χ1n) is 5.80. The van der Waals surface area contributed by atoms with Crippen LogP contribution in [-0.2, 0) is 6.54 Å². The maximum Gasteiger partial charge on any atom is 0.336 e. The van der Waals surface area contributed by atoms with Crippen molar-refractivity contribution >= 4 is 17.3 Å². The van der Waals surface area contributed by atoms with Crippen LogP contribution < -0.4 is 5.32 Å². The van der Waals surface area contributed by atoms with Crippen LogP contribution in [0.25, 0.3) is 0 Å². The Hall–Kier alpha value is -0.870. The van der Waals surface area contributed by atoms with Gasteiger partial charge < -0.3 is 10.4 Å². The van der Waals surface area contributed by atoms with E-state index in [-0.39, 0.29) is 0 Å². The first kappa shape index (κ1) is 11.6. The third-order valence-electron chi connectivity index (χ3n) is 3.07. The van der Waals surface area contributed by atoms with E-state index in [1.807, 2.05) is 0 Å². The molecule has 0 aromatic carbocycles. The van der Waals surface area contributed by atoms with Crippen LogP contribution in [-0.4, -0.2) is 17.1 Å². The average molecular weight is 239 g/mol. The van der Waals surface area contributed by atoms with Crippen LogP contribution >= 0.6 is 11.3 Å². The highest BCUT2D eigenvalue weighted by atomic mass is 32.1. The minimum absolute atomic E-state index is 0.408. The smallest absolute Gasteiger partial charge is 0.336 e. The van der Waals surface area contributed by atoms with Crippen molar-refractivity contribution in [1.82, 2.24) is 5.32 Å². The number of nitrogens with one attached hydrogen (secondary N) is 1. The van der Waals surface area contributed by atoms with Gasteiger partial charge in [0, 0.05) is 22.8 Å². The van der Waals surface area contributed by atoms with Crippen molar-refractivity contribution in [2.45, 2.75) is 44.7 Å². The number of aromatic carboxylic acids is 1. The number of hydrogen-bond acceptors (Lipinski definition) is 3. The van der Waals surface area contributed by atoms with E-state index in [0.29, 0.717) is 11.6 Å². The van der Waals surface area contributed by atoms with E-state index in [2.05, 4.69) is 5.32 Å². The van der Waals surface area contributed by atoms with E-state index in [4.69, 9.17) is 5.11 Å². The Morgan fingerprint density at radius 3 is 2.81 bits per heavy atom. The van der Waals surface area contributed by atoms with Gasteiger partial charge in [0.05, 0.1) is 5.56 Å². The summed E-state index contributed by atoms with van der Waals surface area (Å²) in [7, 11) is 0. The highest BCUT2D eigenvalue weighted by molar-refractivity contribution is 7.10. The first-order valence-corrected chi connectivity index (χ1v) is 6.68. The average Bonchev–Trinajstić information content (AvgIpc) is 2.76. The van der Waals surface area contributed by atoms with Gasteiger partial charge >= 0.3 is 5.97 Å². The van der Waals surface area contributed by atoms with E-state index in [1.54, 1.807) is 11.4 Å². The number of carbonyl (C=O) groups is 1. The van der Waals surface area contributed by atoms with Gasteiger partial charge in [0.1, 0.15) is 0 Å². The maximum atomic E-state index is 10.7. The zero-order chi connectivity index (χ0) is 11.4. The summed E-state index contributed by atoms with van der Waals surface area (Å²) >= 11 is 1.52. The van der Waals surface area contributed by atoms with E-state index in [0.717, 1.165) is 11.4 Å². The molecule has 1 saturated carbocycles. The molecule has 0 radical (unpaired) electrons. The molecule has 2 rings (SSSR count). The van der Waals surface area contributed by atoms with Crippen LogP contribution in [0.15, 0.2) is 11.4 Å². The molecule has 1 heterocycles. The second-order valence-electron chi connectivity index (χ2n) is 4.32. The van der Waals surface area contributed by atoms with E-state index < -0.39 is 5.97 Å². The van der Waals surface area contributed by atoms with Gasteiger partial charge in [0.2, 0.25) is 0 Å². The Morgan fingerprint density at radius 2 is 2.19 bits per heavy atom. The molecule has 1 aromatic heterocycles. The van der Waals surface area contributed by atoms with Gasteiger partial charge in [-0.05, 0) is 18.9 Å². The van der Waals surface area contributed by atoms with Crippen molar-refractivity contribution in [1.29, 1.82) is 0 Å². The molecule has 2 N–H and O–H groups in total. The third-order valence-corrected chi connectivity index (χ3v) is 4.01. The molecule has 1 fully saturated rings. The standard InChI is InChI=1S/C12H17NO2S/c14-12(15)9-6-11(16-8-9)7-13-10-4-2-1-3-5-10/h6,8,10,13H,1-5,7H2,(H,14,15). The Morgan fingerprint density at radius 1 is 1.44 bits per heavy atom. The summed E-state index contributed by atoms with van der Waals surface area (Å²) in [5, 5.41) is 14.0. The van der Waals surface area contributed by atoms with Crippen molar-refractivity contribution in [3.05, 3.63) is 21.9 Å². The molecule has 0 atom stereocenters. The van der Waals surface area contributed by atoms with Crippen LogP contribution in [0.5, 0.6) is 0 Å². The van der Waals surface area contributed by atoms with Crippen molar-refractivity contribution < 1.29 is 9.90 Å². The molecule has 88 valence electrons. The topological polar surface area (TPSA) is 49.3 Å². The van der Waals surface area contributed by atoms with Gasteiger partial charge in [-0.1, -0.05) is 19.3 Å². The Labute approximate surface area is 99.5 Å². The van der Waals surface area contributed by atoms with Crippen LogP contribution in [0.1, 0.15) is 47.3 Å². The Bertz CT molecular complexity index is 356. The van der Waals surface area contributed by atoms with E-state index in [9.17, 15) is 4.79 Å². The van der Waals surface area contributed by atoms with Gasteiger partial charge in [-0.3, -0.25) is 0 Å². The molecule has 4 heteroatoms. The van der Waals surface area contributed by atoms with Crippen LogP contribution in [0, 0.1) is 0 Å². The predicted octanol–water partition coefficient (Wildman–Crippen LogP) is 2.87. The molecule has 16 heavy (non-hydrogen) atoms. The Balaban J connectivity index is 1.81. The number of carboxylic acids is 1. The lowest BCUT2D eigenvalue weighted by Gasteiger charge is -2.22. The normalized spacial score (nSPS) is 17.5. The summed E-state index contributed by atoms with van der Waals surface area (Å²) in [5.74, 6) is -0.833. The second-order valence-corrected chi connectivity index (χ2v) is 5.32. The molecule has 1 aliphatic rings. The van der Waals surface area contributed by atoms with E-state index >= 15 is 0 Å². The predicted molar refractivity (Wildman–Crippen MR) is 65.0 cm³/mol. The summed E-state index contributed by atoms with van der Waals surface area (Å²) in [5.41, 5.74) is 0.408. The highest BCUT2D eigenvalue weighted by Gasteiger charge is 2.13. The van der Waals surface area contributed by atoms with Gasteiger partial charge in [-0.15, -0.1) is 11.3 Å². The first-order chi connectivity index (χ1) is 7.75. The molecule has 3 nitrogen and oxygen atoms in total. The number of carboxylic acid groups (broad SMARTS) is 1. The quantitative estimate of drug-likeness (QED) is 0.849. The van der Waals surface area contributed by atoms with Gasteiger partial charge in [-0.2, -0.15) is 0 Å². The number of rotatable bonds is 4. The van der Waals surface area contributed by atoms with Crippen molar-refractivity contribution in [3.8, 4) is 0 Å². The van der Waals surface area contributed by atoms with Crippen LogP contribution in [0.2, 0.25) is 0 Å². The highest BCUT2D eigenvalue weighted by Crippen LogP contribution is 2.19. The summed E-state index contributed by atoms with van der Waals surface area (Å²) in [6, 6.07) is 2.40. The number of thiophene rings is 1. The minimum atomic E-state index is -0.833. The second kappa shape index (κ2) is 5.46. The largest absolute Gasteiger partial charge is 0.478 e. The molecule has 0 aliphatic heterocycles. The van der Waals surface area contributed by atoms with Gasteiger partial charge in [-0.25, -0.2) is 4.79 Å². The van der Waals surface area contributed by atoms with Crippen molar-refractivity contribution in [2.24, 2.45) is 0 Å². The summed E-state index contributed by atoms with van der Waals surface area (Å²) in [6.07, 6.45) is 6.53. The zero-order valence-electron chi connectivity index (χ0n) is 9.24. The SMILES string of the molecule is O=C(O)c1csc(CNC2CCCCC2)c1. The molecular weight excluding hydrogens is 222 g/mol. The lowest BCUT2D eigenvalue weighted by atomic mass is 9.95. The Kier molecular flexibility index (Phi) is 3.96. The monoisotopic (exact) mass is 239 g/mol. The fourth-order valence-electron chi connectivity index (χ4n) is 2.14. The van der Waals surface area contributed by atoms with E-state index in [1.165, 1.54) is 43.4 Å². The molecule has 0 spiro atoms. The lowest BCUT2D eigenvalue weighted by molar-refractivity contribution is 0.0697. The van der Waals surface area contributed by atoms with Crippen molar-refractivity contribution in [3.63, 3.8) is 0 Å². The fourth-order valence-corrected chi connectivity index (χ4v) is 2.95. The molecular formula is C12H17NO2S. The van der Waals surface area contributed by atoms with Gasteiger partial charge in [0.25, 0.3) is 0 Å². The number of hydrogen-bond donors (Lipinski definition) is 2. The maximum absolute atomic E-state index is 10.7. The van der Waals surface area contributed by atoms with Crippen molar-refractivity contribution in [2.75, 3.05) is 0 Å². The third kappa shape index (κ3) is 3.06. The summed E-state index contributed by atoms with van der Waals surface area (Å²) < 4.78 is 0. The molecule has 0 saturated heterocycles. The zero-order valence-corrected chi connectivity index (χ0v) is 10.1. The van der Waals surface area contributed by atoms with Gasteiger partial charge in [0.15, 0.2) is 0 Å². The summed E-state index contributed by atoms with van der Waals surface area (Å²) in [4.78, 5) is 11.8. The molecule has 0 bridgehead atoms. The lowest BCUT2D eigenvalue weighted by Crippen LogP contribution is -2.30.